The van der Waals surface area contributed by atoms with Crippen molar-refractivity contribution in [3.8, 4) is 5.75 Å². The van der Waals surface area contributed by atoms with E-state index in [4.69, 9.17) is 9.47 Å². The molecule has 0 aromatic heterocycles. The fraction of sp³-hybridized carbons (Fsp3) is 0.435. The van der Waals surface area contributed by atoms with Crippen molar-refractivity contribution in [3.63, 3.8) is 0 Å². The maximum atomic E-state index is 10.3. The average Bonchev–Trinajstić information content (AvgIpc) is 2.75. The van der Waals surface area contributed by atoms with Gasteiger partial charge in [0.1, 0.15) is 5.75 Å². The van der Waals surface area contributed by atoms with Gasteiger partial charge in [0.25, 0.3) is 0 Å². The molecule has 0 bridgehead atoms. The number of nitrogens with zero attached hydrogens (tertiary/aromatic N) is 1. The Morgan fingerprint density at radius 3 is 2.48 bits per heavy atom. The number of aliphatic hydroxyl groups is 1. The van der Waals surface area contributed by atoms with Gasteiger partial charge in [-0.15, -0.1) is 0 Å². The van der Waals surface area contributed by atoms with Crippen molar-refractivity contribution in [2.45, 2.75) is 39.5 Å². The molecule has 0 aliphatic heterocycles. The summed E-state index contributed by atoms with van der Waals surface area (Å²) in [4.78, 5) is 4.60. The van der Waals surface area contributed by atoms with Crippen molar-refractivity contribution in [2.24, 2.45) is 4.99 Å². The fourth-order valence-electron chi connectivity index (χ4n) is 2.79. The van der Waals surface area contributed by atoms with Crippen molar-refractivity contribution in [2.75, 3.05) is 26.3 Å². The number of rotatable bonds is 11. The first-order valence-corrected chi connectivity index (χ1v) is 10.2. The molecule has 158 valence electrons. The molecule has 2 aromatic carbocycles. The van der Waals surface area contributed by atoms with E-state index in [1.807, 2.05) is 75.4 Å². The molecule has 2 aromatic rings. The number of aliphatic hydroxyl groups excluding tert-OH is 1. The molecule has 2 unspecified atom stereocenters. The van der Waals surface area contributed by atoms with Crippen LogP contribution >= 0.6 is 0 Å². The summed E-state index contributed by atoms with van der Waals surface area (Å²) in [6.45, 7) is 8.39. The zero-order chi connectivity index (χ0) is 20.9. The molecule has 0 fully saturated rings. The monoisotopic (exact) mass is 399 g/mol. The maximum absolute atomic E-state index is 10.3. The van der Waals surface area contributed by atoms with E-state index >= 15 is 0 Å². The molecule has 2 atom stereocenters. The summed E-state index contributed by atoms with van der Waals surface area (Å²) >= 11 is 0. The van der Waals surface area contributed by atoms with Gasteiger partial charge in [0.15, 0.2) is 5.96 Å². The van der Waals surface area contributed by atoms with Crippen LogP contribution in [-0.2, 0) is 11.3 Å². The minimum atomic E-state index is -0.638. The van der Waals surface area contributed by atoms with Crippen molar-refractivity contribution >= 4 is 5.96 Å². The summed E-state index contributed by atoms with van der Waals surface area (Å²) in [5.41, 5.74) is 2.11. The number of para-hydroxylation sites is 1. The third kappa shape index (κ3) is 8.13. The zero-order valence-corrected chi connectivity index (χ0v) is 17.6. The van der Waals surface area contributed by atoms with E-state index < -0.39 is 6.10 Å². The number of ether oxygens (including phenoxy) is 2. The Morgan fingerprint density at radius 2 is 1.76 bits per heavy atom. The molecular weight excluding hydrogens is 366 g/mol. The second-order valence-corrected chi connectivity index (χ2v) is 6.66. The molecule has 6 nitrogen and oxygen atoms in total. The lowest BCUT2D eigenvalue weighted by molar-refractivity contribution is -0.000599. The van der Waals surface area contributed by atoms with Gasteiger partial charge in [-0.25, -0.2) is 4.99 Å². The van der Waals surface area contributed by atoms with Crippen LogP contribution in [0.3, 0.4) is 0 Å². The average molecular weight is 400 g/mol. The molecule has 0 saturated carbocycles. The van der Waals surface area contributed by atoms with Crippen molar-refractivity contribution in [3.05, 3.63) is 65.7 Å². The largest absolute Gasteiger partial charge is 0.494 e. The van der Waals surface area contributed by atoms with Crippen LogP contribution in [-0.4, -0.2) is 43.5 Å². The normalized spacial score (nSPS) is 13.6. The second-order valence-electron chi connectivity index (χ2n) is 6.66. The molecule has 0 spiro atoms. The van der Waals surface area contributed by atoms with Crippen LogP contribution in [0.5, 0.6) is 5.75 Å². The van der Waals surface area contributed by atoms with E-state index in [9.17, 15) is 5.11 Å². The summed E-state index contributed by atoms with van der Waals surface area (Å²) in [6.07, 6.45) is -0.705. The summed E-state index contributed by atoms with van der Waals surface area (Å²) in [5.74, 6) is 1.49. The first-order chi connectivity index (χ1) is 14.1. The van der Waals surface area contributed by atoms with E-state index in [0.29, 0.717) is 25.7 Å². The van der Waals surface area contributed by atoms with Crippen LogP contribution in [0.4, 0.5) is 0 Å². The van der Waals surface area contributed by atoms with Gasteiger partial charge in [-0.2, -0.15) is 0 Å². The first-order valence-electron chi connectivity index (χ1n) is 10.2. The van der Waals surface area contributed by atoms with Crippen LogP contribution in [0, 0.1) is 0 Å². The minimum absolute atomic E-state index is 0.0668. The van der Waals surface area contributed by atoms with Crippen LogP contribution in [0.1, 0.15) is 38.0 Å². The van der Waals surface area contributed by atoms with Gasteiger partial charge < -0.3 is 25.2 Å². The predicted molar refractivity (Wildman–Crippen MR) is 117 cm³/mol. The van der Waals surface area contributed by atoms with Crippen molar-refractivity contribution in [1.82, 2.24) is 10.6 Å². The molecule has 0 saturated heterocycles. The number of benzene rings is 2. The van der Waals surface area contributed by atoms with Crippen LogP contribution in [0.15, 0.2) is 59.6 Å². The zero-order valence-electron chi connectivity index (χ0n) is 17.6. The Kier molecular flexibility index (Phi) is 10.0. The lowest BCUT2D eigenvalue weighted by atomic mass is 10.1. The summed E-state index contributed by atoms with van der Waals surface area (Å²) in [6, 6.07) is 17.9. The molecule has 0 aliphatic rings. The standard InChI is InChI=1S/C23H33N3O3/c1-4-24-23(25-15-20-13-9-10-14-22(20)28-5-2)26-16-21(27)17-29-18(3)19-11-7-6-8-12-19/h6-14,18,21,27H,4-5,15-17H2,1-3H3,(H2,24,25,26). The van der Waals surface area contributed by atoms with Gasteiger partial charge in [-0.3, -0.25) is 0 Å². The SMILES string of the molecule is CCNC(=NCc1ccccc1OCC)NCC(O)COC(C)c1ccccc1. The molecule has 0 aliphatic carbocycles. The number of aliphatic imine (C=N–C) groups is 1. The van der Waals surface area contributed by atoms with Crippen molar-refractivity contribution in [1.29, 1.82) is 0 Å². The Labute approximate surface area is 174 Å². The van der Waals surface area contributed by atoms with Gasteiger partial charge in [0.05, 0.1) is 32.0 Å². The molecule has 0 heterocycles. The highest BCUT2D eigenvalue weighted by atomic mass is 16.5. The van der Waals surface area contributed by atoms with Crippen LogP contribution in [0.25, 0.3) is 0 Å². The molecular formula is C23H33N3O3. The lowest BCUT2D eigenvalue weighted by Gasteiger charge is -2.18. The lowest BCUT2D eigenvalue weighted by Crippen LogP contribution is -2.42. The maximum Gasteiger partial charge on any atom is 0.191 e. The minimum Gasteiger partial charge on any atom is -0.494 e. The first kappa shape index (κ1) is 22.7. The smallest absolute Gasteiger partial charge is 0.191 e. The van der Waals surface area contributed by atoms with Gasteiger partial charge in [0.2, 0.25) is 0 Å². The predicted octanol–water partition coefficient (Wildman–Crippen LogP) is 3.28. The van der Waals surface area contributed by atoms with Gasteiger partial charge in [0, 0.05) is 18.7 Å². The van der Waals surface area contributed by atoms with E-state index in [-0.39, 0.29) is 12.7 Å². The molecule has 0 radical (unpaired) electrons. The summed E-state index contributed by atoms with van der Waals surface area (Å²) in [5, 5.41) is 16.6. The van der Waals surface area contributed by atoms with Gasteiger partial charge >= 0.3 is 0 Å². The quantitative estimate of drug-likeness (QED) is 0.399. The summed E-state index contributed by atoms with van der Waals surface area (Å²) in [7, 11) is 0. The number of hydrogen-bond donors (Lipinski definition) is 3. The van der Waals surface area contributed by atoms with E-state index in [2.05, 4.69) is 15.6 Å². The molecule has 2 rings (SSSR count). The molecule has 0 amide bonds. The van der Waals surface area contributed by atoms with Crippen LogP contribution < -0.4 is 15.4 Å². The topological polar surface area (TPSA) is 75.1 Å². The van der Waals surface area contributed by atoms with Gasteiger partial charge in [-0.05, 0) is 32.4 Å². The van der Waals surface area contributed by atoms with Crippen molar-refractivity contribution < 1.29 is 14.6 Å². The number of guanidine groups is 1. The molecule has 3 N–H and O–H groups in total. The Balaban J connectivity index is 1.84. The third-order valence-electron chi connectivity index (χ3n) is 4.34. The van der Waals surface area contributed by atoms with E-state index in [0.717, 1.165) is 23.4 Å². The van der Waals surface area contributed by atoms with Crippen LogP contribution in [0.2, 0.25) is 0 Å². The fourth-order valence-corrected chi connectivity index (χ4v) is 2.79. The molecule has 6 heteroatoms. The van der Waals surface area contributed by atoms with E-state index in [1.165, 1.54) is 0 Å². The highest BCUT2D eigenvalue weighted by Gasteiger charge is 2.11. The van der Waals surface area contributed by atoms with Gasteiger partial charge in [-0.1, -0.05) is 48.5 Å². The number of hydrogen-bond acceptors (Lipinski definition) is 4. The van der Waals surface area contributed by atoms with E-state index in [1.54, 1.807) is 0 Å². The number of nitrogens with one attached hydrogen (secondary N) is 2. The Hall–Kier alpha value is -2.57. The highest BCUT2D eigenvalue weighted by Crippen LogP contribution is 2.18. The third-order valence-corrected chi connectivity index (χ3v) is 4.34. The molecule has 29 heavy (non-hydrogen) atoms. The Bertz CT molecular complexity index is 737. The highest BCUT2D eigenvalue weighted by molar-refractivity contribution is 5.79. The summed E-state index contributed by atoms with van der Waals surface area (Å²) < 4.78 is 11.4. The Morgan fingerprint density at radius 1 is 1.03 bits per heavy atom. The second kappa shape index (κ2) is 12.8.